The highest BCUT2D eigenvalue weighted by Crippen LogP contribution is 2.35. The van der Waals surface area contributed by atoms with Crippen molar-refractivity contribution in [1.82, 2.24) is 4.90 Å². The van der Waals surface area contributed by atoms with E-state index in [4.69, 9.17) is 22.4 Å². The lowest BCUT2D eigenvalue weighted by atomic mass is 10.1. The van der Waals surface area contributed by atoms with E-state index >= 15 is 0 Å². The number of hydrogen-bond donors (Lipinski definition) is 2. The maximum atomic E-state index is 12.6. The lowest BCUT2D eigenvalue weighted by molar-refractivity contribution is -0.146. The van der Waals surface area contributed by atoms with Gasteiger partial charge in [0.05, 0.1) is 11.3 Å². The molecule has 1 aliphatic rings. The van der Waals surface area contributed by atoms with E-state index in [0.29, 0.717) is 11.5 Å². The van der Waals surface area contributed by atoms with Crippen molar-refractivity contribution in [3.05, 3.63) is 51.5 Å². The number of nitrogens with zero attached hydrogens (tertiary/aromatic N) is 1. The molecular formula is C18H13BrN2O5S2. The first-order valence-electron chi connectivity index (χ1n) is 7.90. The van der Waals surface area contributed by atoms with Crippen molar-refractivity contribution >= 4 is 68.1 Å². The number of halogens is 1. The minimum atomic E-state index is -1.44. The number of carbonyl (C=O) groups excluding carboxylic acids is 2. The molecule has 2 amide bonds. The Labute approximate surface area is 177 Å². The van der Waals surface area contributed by atoms with Crippen LogP contribution in [-0.4, -0.2) is 38.2 Å². The molecule has 28 heavy (non-hydrogen) atoms. The molecular weight excluding hydrogens is 468 g/mol. The summed E-state index contributed by atoms with van der Waals surface area (Å²) in [6.07, 6.45) is 0.967. The first kappa shape index (κ1) is 20.3. The predicted molar refractivity (Wildman–Crippen MR) is 112 cm³/mol. The Kier molecular flexibility index (Phi) is 6.01. The fourth-order valence-corrected chi connectivity index (χ4v) is 4.16. The van der Waals surface area contributed by atoms with Gasteiger partial charge in [-0.05, 0) is 24.3 Å². The van der Waals surface area contributed by atoms with E-state index in [2.05, 4.69) is 15.9 Å². The number of aliphatic carboxylic acids is 1. The van der Waals surface area contributed by atoms with Crippen LogP contribution in [0.5, 0.6) is 0 Å². The number of carboxylic acids is 1. The van der Waals surface area contributed by atoms with Gasteiger partial charge in [-0.15, -0.1) is 0 Å². The molecule has 0 spiro atoms. The summed E-state index contributed by atoms with van der Waals surface area (Å²) in [5, 5.41) is 9.33. The fourth-order valence-electron chi connectivity index (χ4n) is 2.56. The summed E-state index contributed by atoms with van der Waals surface area (Å²) < 4.78 is 6.74. The number of nitrogens with two attached hydrogens (primary N) is 1. The van der Waals surface area contributed by atoms with Crippen LogP contribution in [0, 0.1) is 0 Å². The zero-order chi connectivity index (χ0) is 20.4. The van der Waals surface area contributed by atoms with Crippen LogP contribution in [0.4, 0.5) is 0 Å². The van der Waals surface area contributed by atoms with Crippen molar-refractivity contribution < 1.29 is 23.9 Å². The van der Waals surface area contributed by atoms with Crippen molar-refractivity contribution in [1.29, 1.82) is 0 Å². The van der Waals surface area contributed by atoms with Crippen LogP contribution in [0.1, 0.15) is 12.2 Å². The van der Waals surface area contributed by atoms with E-state index in [1.807, 2.05) is 24.3 Å². The molecule has 144 valence electrons. The maximum Gasteiger partial charge on any atom is 0.327 e. The van der Waals surface area contributed by atoms with Gasteiger partial charge in [0, 0.05) is 16.1 Å². The fraction of sp³-hybridized carbons (Fsp3) is 0.111. The van der Waals surface area contributed by atoms with Gasteiger partial charge >= 0.3 is 5.97 Å². The van der Waals surface area contributed by atoms with Gasteiger partial charge in [-0.3, -0.25) is 14.5 Å². The van der Waals surface area contributed by atoms with Gasteiger partial charge in [-0.1, -0.05) is 52.0 Å². The third-order valence-corrected chi connectivity index (χ3v) is 5.70. The summed E-state index contributed by atoms with van der Waals surface area (Å²) >= 11 is 9.44. The molecule has 7 nitrogen and oxygen atoms in total. The molecule has 1 aromatic heterocycles. The number of furan rings is 1. The van der Waals surface area contributed by atoms with Gasteiger partial charge in [0.2, 0.25) is 5.91 Å². The topological polar surface area (TPSA) is 114 Å². The molecule has 0 aliphatic carbocycles. The van der Waals surface area contributed by atoms with Crippen LogP contribution < -0.4 is 5.73 Å². The number of primary amides is 1. The van der Waals surface area contributed by atoms with Gasteiger partial charge < -0.3 is 15.3 Å². The zero-order valence-electron chi connectivity index (χ0n) is 14.1. The maximum absolute atomic E-state index is 12.6. The van der Waals surface area contributed by atoms with E-state index in [1.165, 1.54) is 6.08 Å². The van der Waals surface area contributed by atoms with Gasteiger partial charge in [-0.25, -0.2) is 4.79 Å². The van der Waals surface area contributed by atoms with Crippen LogP contribution in [0.3, 0.4) is 0 Å². The molecule has 0 bridgehead atoms. The summed E-state index contributed by atoms with van der Waals surface area (Å²) in [5.41, 5.74) is 5.96. The monoisotopic (exact) mass is 480 g/mol. The Hall–Kier alpha value is -2.43. The van der Waals surface area contributed by atoms with Crippen molar-refractivity contribution in [2.45, 2.75) is 12.5 Å². The summed E-state index contributed by atoms with van der Waals surface area (Å²) in [6.45, 7) is 0. The molecule has 1 aliphatic heterocycles. The zero-order valence-corrected chi connectivity index (χ0v) is 17.3. The highest BCUT2D eigenvalue weighted by Gasteiger charge is 2.41. The number of hydrogen-bond acceptors (Lipinski definition) is 6. The van der Waals surface area contributed by atoms with Gasteiger partial charge in [0.1, 0.15) is 21.9 Å². The summed E-state index contributed by atoms with van der Waals surface area (Å²) in [6, 6.07) is 9.55. The number of thiocarbonyl (C=S) groups is 1. The van der Waals surface area contributed by atoms with E-state index in [-0.39, 0.29) is 9.23 Å². The van der Waals surface area contributed by atoms with Crippen LogP contribution in [-0.2, 0) is 14.4 Å². The average Bonchev–Trinajstić information content (AvgIpc) is 3.19. The van der Waals surface area contributed by atoms with E-state index in [9.17, 15) is 19.5 Å². The molecule has 1 fully saturated rings. The molecule has 3 N–H and O–H groups in total. The van der Waals surface area contributed by atoms with Crippen molar-refractivity contribution in [3.8, 4) is 11.3 Å². The number of rotatable bonds is 6. The number of benzene rings is 1. The minimum absolute atomic E-state index is 0.0459. The molecule has 2 aromatic rings. The molecule has 10 heteroatoms. The lowest BCUT2D eigenvalue weighted by Crippen LogP contribution is -2.46. The highest BCUT2D eigenvalue weighted by molar-refractivity contribution is 9.10. The second-order valence-electron chi connectivity index (χ2n) is 5.79. The Morgan fingerprint density at radius 3 is 2.57 bits per heavy atom. The number of carboxylic acid groups (broad SMARTS) is 1. The number of carbonyl (C=O) groups is 3. The van der Waals surface area contributed by atoms with Crippen LogP contribution in [0.25, 0.3) is 17.4 Å². The molecule has 1 saturated heterocycles. The molecule has 3 rings (SSSR count). The second-order valence-corrected chi connectivity index (χ2v) is 8.38. The minimum Gasteiger partial charge on any atom is -0.480 e. The Morgan fingerprint density at radius 2 is 1.96 bits per heavy atom. The molecule has 0 saturated carbocycles. The number of amides is 2. The predicted octanol–water partition coefficient (Wildman–Crippen LogP) is 3.24. The number of thioether (sulfide) groups is 1. The molecule has 2 heterocycles. The lowest BCUT2D eigenvalue weighted by Gasteiger charge is -2.21. The van der Waals surface area contributed by atoms with Crippen LogP contribution in [0.15, 0.2) is 50.2 Å². The molecule has 0 radical (unpaired) electrons. The summed E-state index contributed by atoms with van der Waals surface area (Å²) in [4.78, 5) is 36.4. The van der Waals surface area contributed by atoms with Crippen LogP contribution >= 0.6 is 39.9 Å². The first-order chi connectivity index (χ1) is 13.3. The average molecular weight is 481 g/mol. The Bertz CT molecular complexity index is 1000. The first-order valence-corrected chi connectivity index (χ1v) is 9.92. The molecule has 1 aromatic carbocycles. The Balaban J connectivity index is 1.85. The second kappa shape index (κ2) is 8.29. The third kappa shape index (κ3) is 4.34. The Morgan fingerprint density at radius 1 is 1.29 bits per heavy atom. The van der Waals surface area contributed by atoms with Crippen molar-refractivity contribution in [2.75, 3.05) is 0 Å². The van der Waals surface area contributed by atoms with E-state index < -0.39 is 30.2 Å². The normalized spacial score (nSPS) is 16.6. The van der Waals surface area contributed by atoms with Crippen LogP contribution in [0.2, 0.25) is 0 Å². The smallest absolute Gasteiger partial charge is 0.327 e. The standard InChI is InChI=1S/C18H13BrN2O5S2/c19-10-3-1-9(2-4-10)13-6-5-11(26-13)7-14-16(23)21(18(27)28-14)12(17(24)25)8-15(20)22/h1-7,12H,8H2,(H2,20,22)(H,24,25)/b14-7+. The molecule has 1 atom stereocenters. The SMILES string of the molecule is NC(=O)CC(C(=O)O)N1C(=O)/C(=C\c2ccc(-c3ccc(Br)cc3)o2)SC1=S. The quantitative estimate of drug-likeness (QED) is 0.481. The van der Waals surface area contributed by atoms with E-state index in [0.717, 1.165) is 26.7 Å². The molecule has 1 unspecified atom stereocenters. The van der Waals surface area contributed by atoms with Gasteiger partial charge in [0.15, 0.2) is 0 Å². The third-order valence-electron chi connectivity index (χ3n) is 3.84. The van der Waals surface area contributed by atoms with Crippen molar-refractivity contribution in [2.24, 2.45) is 5.73 Å². The van der Waals surface area contributed by atoms with Gasteiger partial charge in [-0.2, -0.15) is 0 Å². The highest BCUT2D eigenvalue weighted by atomic mass is 79.9. The van der Waals surface area contributed by atoms with Crippen molar-refractivity contribution in [3.63, 3.8) is 0 Å². The summed E-state index contributed by atoms with van der Waals surface area (Å²) in [5.74, 6) is -1.76. The summed E-state index contributed by atoms with van der Waals surface area (Å²) in [7, 11) is 0. The van der Waals surface area contributed by atoms with Gasteiger partial charge in [0.25, 0.3) is 5.91 Å². The largest absolute Gasteiger partial charge is 0.480 e. The van der Waals surface area contributed by atoms with E-state index in [1.54, 1.807) is 12.1 Å².